The Morgan fingerprint density at radius 3 is 2.39 bits per heavy atom. The number of rotatable bonds is 6. The predicted molar refractivity (Wildman–Crippen MR) is 75.1 cm³/mol. The molecule has 1 unspecified atom stereocenters. The molecular weight excluding hydrogens is 227 g/mol. The first-order valence-corrected chi connectivity index (χ1v) is 6.73. The minimum Gasteiger partial charge on any atom is -0.329 e. The maximum Gasteiger partial charge on any atom is 0.123 e. The standard InChI is InChI=1S/C15H25FN2/c1-5-13(6-2)18(4)15(10-17)14-9-12(16)8-7-11(14)3/h7-9,13,15H,5-6,10,17H2,1-4H3. The van der Waals surface area contributed by atoms with E-state index in [0.29, 0.717) is 12.6 Å². The highest BCUT2D eigenvalue weighted by Gasteiger charge is 2.22. The Labute approximate surface area is 110 Å². The summed E-state index contributed by atoms with van der Waals surface area (Å²) >= 11 is 0. The highest BCUT2D eigenvalue weighted by atomic mass is 19.1. The minimum absolute atomic E-state index is 0.0885. The van der Waals surface area contributed by atoms with Crippen molar-refractivity contribution in [1.82, 2.24) is 4.90 Å². The number of hydrogen-bond acceptors (Lipinski definition) is 2. The third kappa shape index (κ3) is 3.30. The van der Waals surface area contributed by atoms with E-state index in [1.54, 1.807) is 6.07 Å². The predicted octanol–water partition coefficient (Wildman–Crippen LogP) is 3.25. The van der Waals surface area contributed by atoms with Gasteiger partial charge in [0.15, 0.2) is 0 Å². The highest BCUT2D eigenvalue weighted by Crippen LogP contribution is 2.26. The van der Waals surface area contributed by atoms with Gasteiger partial charge in [0.25, 0.3) is 0 Å². The van der Waals surface area contributed by atoms with Gasteiger partial charge in [-0.05, 0) is 50.1 Å². The van der Waals surface area contributed by atoms with Crippen LogP contribution in [0.15, 0.2) is 18.2 Å². The quantitative estimate of drug-likeness (QED) is 0.842. The number of likely N-dealkylation sites (N-methyl/N-ethyl adjacent to an activating group) is 1. The average Bonchev–Trinajstić information content (AvgIpc) is 2.36. The molecule has 0 aliphatic carbocycles. The second kappa shape index (κ2) is 6.86. The molecule has 0 aromatic heterocycles. The third-order valence-electron chi connectivity index (χ3n) is 3.83. The van der Waals surface area contributed by atoms with Gasteiger partial charge in [0.1, 0.15) is 5.82 Å². The van der Waals surface area contributed by atoms with Crippen molar-refractivity contribution >= 4 is 0 Å². The molecule has 3 heteroatoms. The van der Waals surface area contributed by atoms with Gasteiger partial charge in [-0.3, -0.25) is 4.90 Å². The van der Waals surface area contributed by atoms with Gasteiger partial charge >= 0.3 is 0 Å². The molecule has 0 fully saturated rings. The monoisotopic (exact) mass is 252 g/mol. The van der Waals surface area contributed by atoms with Crippen molar-refractivity contribution in [3.63, 3.8) is 0 Å². The van der Waals surface area contributed by atoms with Crippen molar-refractivity contribution < 1.29 is 4.39 Å². The Hall–Kier alpha value is -0.930. The van der Waals surface area contributed by atoms with E-state index in [9.17, 15) is 4.39 Å². The summed E-state index contributed by atoms with van der Waals surface area (Å²) in [6.07, 6.45) is 2.16. The summed E-state index contributed by atoms with van der Waals surface area (Å²) in [4.78, 5) is 2.28. The van der Waals surface area contributed by atoms with Crippen molar-refractivity contribution in [1.29, 1.82) is 0 Å². The maximum absolute atomic E-state index is 13.4. The lowest BCUT2D eigenvalue weighted by Gasteiger charge is -2.34. The molecule has 1 rings (SSSR count). The van der Waals surface area contributed by atoms with Gasteiger partial charge in [0, 0.05) is 18.6 Å². The summed E-state index contributed by atoms with van der Waals surface area (Å²) in [5.41, 5.74) is 8.02. The summed E-state index contributed by atoms with van der Waals surface area (Å²) in [6.45, 7) is 6.88. The topological polar surface area (TPSA) is 29.3 Å². The number of nitrogens with zero attached hydrogens (tertiary/aromatic N) is 1. The van der Waals surface area contributed by atoms with Gasteiger partial charge in [-0.25, -0.2) is 4.39 Å². The molecule has 1 atom stereocenters. The van der Waals surface area contributed by atoms with E-state index in [-0.39, 0.29) is 11.9 Å². The molecule has 0 heterocycles. The van der Waals surface area contributed by atoms with Crippen LogP contribution in [0.1, 0.15) is 43.9 Å². The van der Waals surface area contributed by atoms with Crippen LogP contribution in [0.3, 0.4) is 0 Å². The van der Waals surface area contributed by atoms with E-state index < -0.39 is 0 Å². The van der Waals surface area contributed by atoms with Crippen molar-refractivity contribution in [2.45, 2.75) is 45.7 Å². The van der Waals surface area contributed by atoms with Crippen LogP contribution in [0, 0.1) is 12.7 Å². The smallest absolute Gasteiger partial charge is 0.123 e. The van der Waals surface area contributed by atoms with Crippen LogP contribution < -0.4 is 5.73 Å². The van der Waals surface area contributed by atoms with Crippen LogP contribution in [-0.4, -0.2) is 24.5 Å². The summed E-state index contributed by atoms with van der Waals surface area (Å²) in [5.74, 6) is -0.188. The molecule has 2 N–H and O–H groups in total. The molecule has 0 bridgehead atoms. The number of benzene rings is 1. The molecule has 0 amide bonds. The SMILES string of the molecule is CCC(CC)N(C)C(CN)c1cc(F)ccc1C. The van der Waals surface area contributed by atoms with Crippen LogP contribution in [-0.2, 0) is 0 Å². The number of halogens is 1. The van der Waals surface area contributed by atoms with Crippen LogP contribution in [0.4, 0.5) is 4.39 Å². The molecule has 0 aliphatic rings. The number of hydrogen-bond donors (Lipinski definition) is 1. The Morgan fingerprint density at radius 1 is 1.28 bits per heavy atom. The first-order chi connectivity index (χ1) is 8.54. The molecule has 1 aromatic rings. The van der Waals surface area contributed by atoms with Crippen molar-refractivity contribution in [2.75, 3.05) is 13.6 Å². The lowest BCUT2D eigenvalue weighted by atomic mass is 9.97. The van der Waals surface area contributed by atoms with E-state index in [1.165, 1.54) is 6.07 Å². The van der Waals surface area contributed by atoms with Crippen LogP contribution in [0.25, 0.3) is 0 Å². The number of nitrogens with two attached hydrogens (primary N) is 1. The molecule has 0 radical (unpaired) electrons. The average molecular weight is 252 g/mol. The second-order valence-corrected chi connectivity index (χ2v) is 4.89. The van der Waals surface area contributed by atoms with E-state index in [2.05, 4.69) is 25.8 Å². The van der Waals surface area contributed by atoms with E-state index in [1.807, 2.05) is 13.0 Å². The Bertz CT molecular complexity index is 375. The second-order valence-electron chi connectivity index (χ2n) is 4.89. The summed E-state index contributed by atoms with van der Waals surface area (Å²) in [5, 5.41) is 0. The lowest BCUT2D eigenvalue weighted by molar-refractivity contribution is 0.167. The van der Waals surface area contributed by atoms with E-state index in [0.717, 1.165) is 24.0 Å². The fourth-order valence-corrected chi connectivity index (χ4v) is 2.60. The first kappa shape index (κ1) is 15.1. The summed E-state index contributed by atoms with van der Waals surface area (Å²) in [7, 11) is 2.08. The van der Waals surface area contributed by atoms with Gasteiger partial charge in [-0.2, -0.15) is 0 Å². The molecule has 0 aliphatic heterocycles. The Balaban J connectivity index is 3.05. The van der Waals surface area contributed by atoms with Crippen LogP contribution in [0.2, 0.25) is 0 Å². The fraction of sp³-hybridized carbons (Fsp3) is 0.600. The van der Waals surface area contributed by atoms with Crippen LogP contribution >= 0.6 is 0 Å². The van der Waals surface area contributed by atoms with Gasteiger partial charge in [0.2, 0.25) is 0 Å². The third-order valence-corrected chi connectivity index (χ3v) is 3.83. The van der Waals surface area contributed by atoms with Crippen molar-refractivity contribution in [2.24, 2.45) is 5.73 Å². The van der Waals surface area contributed by atoms with Gasteiger partial charge < -0.3 is 5.73 Å². The molecule has 0 saturated carbocycles. The Morgan fingerprint density at radius 2 is 1.89 bits per heavy atom. The number of aryl methyl sites for hydroxylation is 1. The molecule has 0 spiro atoms. The van der Waals surface area contributed by atoms with Crippen molar-refractivity contribution in [3.05, 3.63) is 35.1 Å². The maximum atomic E-state index is 13.4. The van der Waals surface area contributed by atoms with Gasteiger partial charge in [-0.1, -0.05) is 19.9 Å². The lowest BCUT2D eigenvalue weighted by Crippen LogP contribution is -2.38. The van der Waals surface area contributed by atoms with E-state index in [4.69, 9.17) is 5.73 Å². The zero-order valence-corrected chi connectivity index (χ0v) is 11.9. The zero-order valence-electron chi connectivity index (χ0n) is 11.9. The van der Waals surface area contributed by atoms with Crippen molar-refractivity contribution in [3.8, 4) is 0 Å². The fourth-order valence-electron chi connectivity index (χ4n) is 2.60. The highest BCUT2D eigenvalue weighted by molar-refractivity contribution is 5.30. The first-order valence-electron chi connectivity index (χ1n) is 6.73. The van der Waals surface area contributed by atoms with Gasteiger partial charge in [-0.15, -0.1) is 0 Å². The van der Waals surface area contributed by atoms with E-state index >= 15 is 0 Å². The molecular formula is C15H25FN2. The molecule has 0 saturated heterocycles. The zero-order chi connectivity index (χ0) is 13.7. The molecule has 18 heavy (non-hydrogen) atoms. The van der Waals surface area contributed by atoms with Crippen LogP contribution in [0.5, 0.6) is 0 Å². The molecule has 1 aromatic carbocycles. The minimum atomic E-state index is -0.188. The molecule has 102 valence electrons. The van der Waals surface area contributed by atoms with Gasteiger partial charge in [0.05, 0.1) is 0 Å². The molecule has 2 nitrogen and oxygen atoms in total. The Kier molecular flexibility index (Phi) is 5.76. The normalized spacial score (nSPS) is 13.3. The summed E-state index contributed by atoms with van der Waals surface area (Å²) in [6, 6.07) is 5.52. The largest absolute Gasteiger partial charge is 0.329 e. The summed E-state index contributed by atoms with van der Waals surface area (Å²) < 4.78 is 13.4.